The molecule has 96 valence electrons. The second-order valence-corrected chi connectivity index (χ2v) is 4.47. The summed E-state index contributed by atoms with van der Waals surface area (Å²) in [6.07, 6.45) is 10.1. The number of allylic oxidation sites excluding steroid dienone is 2. The van der Waals surface area contributed by atoms with E-state index in [0.717, 1.165) is 31.9 Å². The normalized spacial score (nSPS) is 16.3. The molecular formula is C14H25N3. The average molecular weight is 235 g/mol. The Balaban J connectivity index is 2.15. The number of aliphatic imine (C=N–C) groups is 1. The molecule has 0 fully saturated rings. The van der Waals surface area contributed by atoms with Gasteiger partial charge in [-0.1, -0.05) is 19.4 Å². The van der Waals surface area contributed by atoms with Crippen LogP contribution in [0.2, 0.25) is 0 Å². The van der Waals surface area contributed by atoms with Gasteiger partial charge in [-0.3, -0.25) is 4.99 Å². The Labute approximate surface area is 105 Å². The lowest BCUT2D eigenvalue weighted by atomic mass is 10.3. The molecular weight excluding hydrogens is 210 g/mol. The first-order valence-electron chi connectivity index (χ1n) is 6.57. The van der Waals surface area contributed by atoms with Crippen LogP contribution in [0.3, 0.4) is 0 Å². The van der Waals surface area contributed by atoms with Crippen LogP contribution in [0.15, 0.2) is 29.0 Å². The summed E-state index contributed by atoms with van der Waals surface area (Å²) < 4.78 is 0. The van der Waals surface area contributed by atoms with Crippen molar-refractivity contribution >= 4 is 5.71 Å². The lowest BCUT2D eigenvalue weighted by molar-refractivity contribution is 0.473. The zero-order valence-electron chi connectivity index (χ0n) is 11.4. The van der Waals surface area contributed by atoms with E-state index in [1.54, 1.807) is 0 Å². The van der Waals surface area contributed by atoms with E-state index >= 15 is 0 Å². The quantitative estimate of drug-likeness (QED) is 0.687. The van der Waals surface area contributed by atoms with Crippen molar-refractivity contribution in [3.8, 4) is 0 Å². The van der Waals surface area contributed by atoms with Crippen molar-refractivity contribution in [2.45, 2.75) is 40.0 Å². The number of hydrogen-bond acceptors (Lipinski definition) is 3. The van der Waals surface area contributed by atoms with Gasteiger partial charge in [-0.25, -0.2) is 0 Å². The molecule has 0 saturated heterocycles. The third-order valence-electron chi connectivity index (χ3n) is 2.82. The van der Waals surface area contributed by atoms with Crippen LogP contribution < -0.4 is 5.32 Å². The fourth-order valence-corrected chi connectivity index (χ4v) is 1.71. The highest BCUT2D eigenvalue weighted by Crippen LogP contribution is 2.09. The third-order valence-corrected chi connectivity index (χ3v) is 2.82. The van der Waals surface area contributed by atoms with E-state index < -0.39 is 0 Å². The van der Waals surface area contributed by atoms with E-state index in [1.807, 2.05) is 6.92 Å². The molecule has 0 aliphatic carbocycles. The minimum absolute atomic E-state index is 0.758. The summed E-state index contributed by atoms with van der Waals surface area (Å²) >= 11 is 0. The summed E-state index contributed by atoms with van der Waals surface area (Å²) in [6, 6.07) is 0. The first-order chi connectivity index (χ1) is 8.24. The molecule has 1 aliphatic rings. The van der Waals surface area contributed by atoms with E-state index in [2.05, 4.69) is 47.4 Å². The molecule has 0 atom stereocenters. The zero-order chi connectivity index (χ0) is 12.5. The van der Waals surface area contributed by atoms with E-state index in [9.17, 15) is 0 Å². The highest BCUT2D eigenvalue weighted by atomic mass is 15.2. The SMILES string of the molecule is CCCCNCC/C=C\N1CN=C(C)C=C1C. The van der Waals surface area contributed by atoms with Gasteiger partial charge in [0, 0.05) is 17.6 Å². The lowest BCUT2D eigenvalue weighted by Crippen LogP contribution is -2.20. The molecule has 0 spiro atoms. The minimum Gasteiger partial charge on any atom is -0.332 e. The summed E-state index contributed by atoms with van der Waals surface area (Å²) in [5, 5.41) is 3.43. The zero-order valence-corrected chi connectivity index (χ0v) is 11.4. The molecule has 0 saturated carbocycles. The second kappa shape index (κ2) is 8.07. The molecule has 0 bridgehead atoms. The summed E-state index contributed by atoms with van der Waals surface area (Å²) in [6.45, 7) is 9.35. The van der Waals surface area contributed by atoms with Crippen molar-refractivity contribution in [1.29, 1.82) is 0 Å². The van der Waals surface area contributed by atoms with Crippen molar-refractivity contribution in [3.63, 3.8) is 0 Å². The number of hydrogen-bond donors (Lipinski definition) is 1. The standard InChI is InChI=1S/C14H25N3/c1-4-5-8-15-9-6-7-10-17-12-16-13(2)11-14(17)3/h7,10-11,15H,4-6,8-9,12H2,1-3H3/b10-7-. The van der Waals surface area contributed by atoms with Crippen LogP contribution in [0.1, 0.15) is 40.0 Å². The average Bonchev–Trinajstić information content (AvgIpc) is 2.30. The topological polar surface area (TPSA) is 27.6 Å². The number of nitrogens with one attached hydrogen (secondary N) is 1. The maximum Gasteiger partial charge on any atom is 0.114 e. The fourth-order valence-electron chi connectivity index (χ4n) is 1.71. The first-order valence-corrected chi connectivity index (χ1v) is 6.57. The van der Waals surface area contributed by atoms with Gasteiger partial charge in [0.05, 0.1) is 0 Å². The fraction of sp³-hybridized carbons (Fsp3) is 0.643. The number of nitrogens with zero attached hydrogens (tertiary/aromatic N) is 2. The van der Waals surface area contributed by atoms with Crippen molar-refractivity contribution < 1.29 is 0 Å². The van der Waals surface area contributed by atoms with Gasteiger partial charge in [-0.05, 0) is 45.9 Å². The Morgan fingerprint density at radius 1 is 1.41 bits per heavy atom. The van der Waals surface area contributed by atoms with E-state index in [-0.39, 0.29) is 0 Å². The molecule has 1 aliphatic heterocycles. The van der Waals surface area contributed by atoms with Gasteiger partial charge >= 0.3 is 0 Å². The Morgan fingerprint density at radius 3 is 2.94 bits per heavy atom. The van der Waals surface area contributed by atoms with Gasteiger partial charge < -0.3 is 10.2 Å². The minimum atomic E-state index is 0.758. The molecule has 3 nitrogen and oxygen atoms in total. The Kier molecular flexibility index (Phi) is 6.63. The van der Waals surface area contributed by atoms with E-state index in [1.165, 1.54) is 18.5 Å². The van der Waals surface area contributed by atoms with Crippen LogP contribution in [0.4, 0.5) is 0 Å². The van der Waals surface area contributed by atoms with Gasteiger partial charge in [-0.2, -0.15) is 0 Å². The molecule has 1 N–H and O–H groups in total. The first kappa shape index (κ1) is 14.0. The van der Waals surface area contributed by atoms with Crippen LogP contribution in [0, 0.1) is 0 Å². The smallest absolute Gasteiger partial charge is 0.114 e. The predicted molar refractivity (Wildman–Crippen MR) is 75.1 cm³/mol. The van der Waals surface area contributed by atoms with E-state index in [0.29, 0.717) is 0 Å². The monoisotopic (exact) mass is 235 g/mol. The van der Waals surface area contributed by atoms with Gasteiger partial charge in [0.2, 0.25) is 0 Å². The Morgan fingerprint density at radius 2 is 2.24 bits per heavy atom. The largest absolute Gasteiger partial charge is 0.332 e. The molecule has 0 unspecified atom stereocenters. The number of rotatable bonds is 7. The summed E-state index contributed by atoms with van der Waals surface area (Å²) in [5.74, 6) is 0. The summed E-state index contributed by atoms with van der Waals surface area (Å²) in [7, 11) is 0. The Bertz CT molecular complexity index is 303. The molecule has 1 rings (SSSR count). The van der Waals surface area contributed by atoms with Crippen LogP contribution >= 0.6 is 0 Å². The van der Waals surface area contributed by atoms with Crippen LogP contribution in [0.5, 0.6) is 0 Å². The lowest BCUT2D eigenvalue weighted by Gasteiger charge is -2.22. The highest BCUT2D eigenvalue weighted by Gasteiger charge is 2.05. The maximum absolute atomic E-state index is 4.40. The van der Waals surface area contributed by atoms with Crippen molar-refractivity contribution in [1.82, 2.24) is 10.2 Å². The van der Waals surface area contributed by atoms with E-state index in [4.69, 9.17) is 0 Å². The van der Waals surface area contributed by atoms with Crippen molar-refractivity contribution in [2.75, 3.05) is 19.8 Å². The molecule has 1 heterocycles. The van der Waals surface area contributed by atoms with Crippen molar-refractivity contribution in [3.05, 3.63) is 24.0 Å². The maximum atomic E-state index is 4.40. The van der Waals surface area contributed by atoms with Gasteiger partial charge in [-0.15, -0.1) is 0 Å². The Hall–Kier alpha value is -1.09. The number of unbranched alkanes of at least 4 members (excludes halogenated alkanes) is 1. The molecule has 3 heteroatoms. The molecule has 0 aromatic rings. The second-order valence-electron chi connectivity index (χ2n) is 4.47. The van der Waals surface area contributed by atoms with Gasteiger partial charge in [0.15, 0.2) is 0 Å². The molecule has 17 heavy (non-hydrogen) atoms. The summed E-state index contributed by atoms with van der Waals surface area (Å²) in [4.78, 5) is 6.58. The van der Waals surface area contributed by atoms with Crippen LogP contribution in [-0.4, -0.2) is 30.4 Å². The van der Waals surface area contributed by atoms with Gasteiger partial charge in [0.25, 0.3) is 0 Å². The molecule has 0 amide bonds. The van der Waals surface area contributed by atoms with Crippen LogP contribution in [-0.2, 0) is 0 Å². The van der Waals surface area contributed by atoms with Gasteiger partial charge in [0.1, 0.15) is 6.67 Å². The van der Waals surface area contributed by atoms with Crippen LogP contribution in [0.25, 0.3) is 0 Å². The predicted octanol–water partition coefficient (Wildman–Crippen LogP) is 2.92. The molecule has 0 aromatic heterocycles. The third kappa shape index (κ3) is 5.68. The summed E-state index contributed by atoms with van der Waals surface area (Å²) in [5.41, 5.74) is 2.39. The highest BCUT2D eigenvalue weighted by molar-refractivity contribution is 5.93. The molecule has 0 aromatic carbocycles. The molecule has 0 radical (unpaired) electrons. The van der Waals surface area contributed by atoms with Crippen molar-refractivity contribution in [2.24, 2.45) is 4.99 Å².